The number of halogens is 3. The number of anilines is 1. The fourth-order valence-corrected chi connectivity index (χ4v) is 5.76. The molecule has 0 aliphatic carbocycles. The molecule has 3 aromatic rings. The second-order valence-corrected chi connectivity index (χ2v) is 12.0. The molecule has 0 aliphatic heterocycles. The van der Waals surface area contributed by atoms with Crippen molar-refractivity contribution < 1.29 is 18.0 Å². The normalized spacial score (nSPS) is 12.2. The van der Waals surface area contributed by atoms with Crippen LogP contribution in [0, 0.1) is 0 Å². The van der Waals surface area contributed by atoms with Gasteiger partial charge in [-0.15, -0.1) is 0 Å². The number of hydrogen-bond donors (Lipinski definition) is 1. The fourth-order valence-electron chi connectivity index (χ4n) is 3.70. The van der Waals surface area contributed by atoms with Crippen LogP contribution in [-0.4, -0.2) is 43.8 Å². The Morgan fingerprint density at radius 3 is 1.97 bits per heavy atom. The lowest BCUT2D eigenvalue weighted by atomic mass is 10.1. The molecule has 0 radical (unpaired) electrons. The van der Waals surface area contributed by atoms with Gasteiger partial charge in [-0.05, 0) is 69.3 Å². The Morgan fingerprint density at radius 2 is 1.42 bits per heavy atom. The average Bonchev–Trinajstić information content (AvgIpc) is 2.87. The first-order valence-corrected chi connectivity index (χ1v) is 14.3. The van der Waals surface area contributed by atoms with E-state index in [0.717, 1.165) is 4.31 Å². The first-order valence-electron chi connectivity index (χ1n) is 11.8. The summed E-state index contributed by atoms with van der Waals surface area (Å²) >= 11 is 18.7. The van der Waals surface area contributed by atoms with Gasteiger partial charge in [0.25, 0.3) is 10.0 Å². The Labute approximate surface area is 238 Å². The molecule has 0 saturated carbocycles. The van der Waals surface area contributed by atoms with Crippen LogP contribution in [0.4, 0.5) is 5.69 Å². The van der Waals surface area contributed by atoms with Gasteiger partial charge in [-0.2, -0.15) is 0 Å². The van der Waals surface area contributed by atoms with E-state index in [1.807, 2.05) is 0 Å². The van der Waals surface area contributed by atoms with Gasteiger partial charge in [-0.25, -0.2) is 8.42 Å². The number of nitrogens with zero attached hydrogens (tertiary/aromatic N) is 2. The molecule has 0 fully saturated rings. The van der Waals surface area contributed by atoms with Crippen molar-refractivity contribution in [2.75, 3.05) is 10.8 Å². The molecule has 0 saturated heterocycles. The van der Waals surface area contributed by atoms with Crippen molar-refractivity contribution in [3.8, 4) is 0 Å². The van der Waals surface area contributed by atoms with E-state index in [9.17, 15) is 18.0 Å². The van der Waals surface area contributed by atoms with Gasteiger partial charge in [0.05, 0.1) is 10.6 Å². The first kappa shape index (κ1) is 29.8. The number of sulfonamides is 1. The highest BCUT2D eigenvalue weighted by atomic mass is 35.5. The first-order chi connectivity index (χ1) is 17.9. The minimum Gasteiger partial charge on any atom is -0.352 e. The highest BCUT2D eigenvalue weighted by Crippen LogP contribution is 2.28. The standard InChI is InChI=1S/C27H28Cl3N3O4S/c1-18(2)31-27(35)19(3)32(16-23-24(29)10-7-11-25(23)30)26(34)17-33(21-8-5-4-6-9-21)38(36,37)22-14-12-20(28)13-15-22/h4-15,18-19H,16-17H2,1-3H3,(H,31,35). The lowest BCUT2D eigenvalue weighted by molar-refractivity contribution is -0.139. The van der Waals surface area contributed by atoms with E-state index < -0.39 is 34.4 Å². The van der Waals surface area contributed by atoms with E-state index >= 15 is 0 Å². The van der Waals surface area contributed by atoms with Crippen molar-refractivity contribution >= 4 is 62.3 Å². The number of nitrogens with one attached hydrogen (secondary N) is 1. The number of rotatable bonds is 10. The van der Waals surface area contributed by atoms with Gasteiger partial charge in [0.15, 0.2) is 0 Å². The SMILES string of the molecule is CC(C)NC(=O)C(C)N(Cc1c(Cl)cccc1Cl)C(=O)CN(c1ccccc1)S(=O)(=O)c1ccc(Cl)cc1. The maximum absolute atomic E-state index is 13.9. The van der Waals surface area contributed by atoms with Crippen molar-refractivity contribution in [3.05, 3.63) is 93.4 Å². The van der Waals surface area contributed by atoms with Crippen molar-refractivity contribution in [3.63, 3.8) is 0 Å². The largest absolute Gasteiger partial charge is 0.352 e. The van der Waals surface area contributed by atoms with E-state index in [1.54, 1.807) is 69.3 Å². The molecule has 7 nitrogen and oxygen atoms in total. The van der Waals surface area contributed by atoms with E-state index in [0.29, 0.717) is 20.6 Å². The summed E-state index contributed by atoms with van der Waals surface area (Å²) in [5.41, 5.74) is 0.728. The monoisotopic (exact) mass is 595 g/mol. The molecule has 38 heavy (non-hydrogen) atoms. The van der Waals surface area contributed by atoms with Crippen LogP contribution in [0.3, 0.4) is 0 Å². The Morgan fingerprint density at radius 1 is 0.842 bits per heavy atom. The molecule has 1 unspecified atom stereocenters. The highest BCUT2D eigenvalue weighted by molar-refractivity contribution is 7.92. The van der Waals surface area contributed by atoms with Gasteiger partial charge in [-0.3, -0.25) is 13.9 Å². The van der Waals surface area contributed by atoms with Gasteiger partial charge < -0.3 is 10.2 Å². The van der Waals surface area contributed by atoms with E-state index in [4.69, 9.17) is 34.8 Å². The third-order valence-corrected chi connectivity index (χ3v) is 8.46. The van der Waals surface area contributed by atoms with Gasteiger partial charge in [0.1, 0.15) is 12.6 Å². The van der Waals surface area contributed by atoms with Crippen LogP contribution in [0.5, 0.6) is 0 Å². The lowest BCUT2D eigenvalue weighted by Gasteiger charge is -2.32. The number of para-hydroxylation sites is 1. The zero-order valence-electron chi connectivity index (χ0n) is 21.1. The maximum atomic E-state index is 13.9. The van der Waals surface area contributed by atoms with Gasteiger partial charge in [-0.1, -0.05) is 59.1 Å². The summed E-state index contributed by atoms with van der Waals surface area (Å²) < 4.78 is 28.4. The molecule has 11 heteroatoms. The van der Waals surface area contributed by atoms with Crippen LogP contribution in [0.25, 0.3) is 0 Å². The second-order valence-electron chi connectivity index (χ2n) is 8.86. The number of hydrogen-bond acceptors (Lipinski definition) is 4. The van der Waals surface area contributed by atoms with Crippen LogP contribution in [0.2, 0.25) is 15.1 Å². The summed E-state index contributed by atoms with van der Waals surface area (Å²) in [6.07, 6.45) is 0. The summed E-state index contributed by atoms with van der Waals surface area (Å²) in [6, 6.07) is 17.7. The van der Waals surface area contributed by atoms with Gasteiger partial charge in [0.2, 0.25) is 11.8 Å². The lowest BCUT2D eigenvalue weighted by Crippen LogP contribution is -2.52. The van der Waals surface area contributed by atoms with Crippen LogP contribution < -0.4 is 9.62 Å². The summed E-state index contributed by atoms with van der Waals surface area (Å²) in [5.74, 6) is -1.02. The van der Waals surface area contributed by atoms with Crippen molar-refractivity contribution in [1.82, 2.24) is 10.2 Å². The predicted octanol–water partition coefficient (Wildman–Crippen LogP) is 5.78. The number of benzene rings is 3. The summed E-state index contributed by atoms with van der Waals surface area (Å²) in [4.78, 5) is 28.0. The third-order valence-electron chi connectivity index (χ3n) is 5.71. The Bertz CT molecular complexity index is 1360. The number of carbonyl (C=O) groups excluding carboxylic acids is 2. The zero-order valence-corrected chi connectivity index (χ0v) is 24.2. The highest BCUT2D eigenvalue weighted by Gasteiger charge is 2.33. The van der Waals surface area contributed by atoms with Crippen molar-refractivity contribution in [2.45, 2.75) is 44.3 Å². The van der Waals surface area contributed by atoms with Crippen molar-refractivity contribution in [1.29, 1.82) is 0 Å². The van der Waals surface area contributed by atoms with Crippen LogP contribution in [0.1, 0.15) is 26.3 Å². The zero-order chi connectivity index (χ0) is 28.0. The summed E-state index contributed by atoms with van der Waals surface area (Å²) in [7, 11) is -4.18. The van der Waals surface area contributed by atoms with E-state index in [-0.39, 0.29) is 23.2 Å². The Balaban J connectivity index is 2.04. The molecule has 1 N–H and O–H groups in total. The molecule has 0 aromatic heterocycles. The quantitative estimate of drug-likeness (QED) is 0.321. The smallest absolute Gasteiger partial charge is 0.264 e. The molecule has 1 atom stereocenters. The predicted molar refractivity (Wildman–Crippen MR) is 152 cm³/mol. The molecule has 0 heterocycles. The molecule has 3 aromatic carbocycles. The number of amides is 2. The Hall–Kier alpha value is -2.78. The third kappa shape index (κ3) is 7.20. The minimum absolute atomic E-state index is 0.0372. The van der Waals surface area contributed by atoms with Crippen LogP contribution >= 0.6 is 34.8 Å². The molecule has 0 bridgehead atoms. The van der Waals surface area contributed by atoms with E-state index in [2.05, 4.69) is 5.32 Å². The Kier molecular flexibility index (Phi) is 10.1. The molecule has 3 rings (SSSR count). The summed E-state index contributed by atoms with van der Waals surface area (Å²) in [6.45, 7) is 4.50. The second kappa shape index (κ2) is 12.8. The molecular formula is C27H28Cl3N3O4S. The molecule has 0 spiro atoms. The van der Waals surface area contributed by atoms with Gasteiger partial charge >= 0.3 is 0 Å². The molecule has 202 valence electrons. The van der Waals surface area contributed by atoms with Crippen LogP contribution in [-0.2, 0) is 26.2 Å². The molecular weight excluding hydrogens is 569 g/mol. The van der Waals surface area contributed by atoms with E-state index in [1.165, 1.54) is 29.2 Å². The average molecular weight is 597 g/mol. The molecule has 0 aliphatic rings. The maximum Gasteiger partial charge on any atom is 0.264 e. The van der Waals surface area contributed by atoms with Crippen molar-refractivity contribution in [2.24, 2.45) is 0 Å². The minimum atomic E-state index is -4.18. The number of carbonyl (C=O) groups is 2. The fraction of sp³-hybridized carbons (Fsp3) is 0.259. The summed E-state index contributed by atoms with van der Waals surface area (Å²) in [5, 5.41) is 3.81. The van der Waals surface area contributed by atoms with Gasteiger partial charge in [0, 0.05) is 33.2 Å². The topological polar surface area (TPSA) is 86.8 Å². The van der Waals surface area contributed by atoms with Crippen LogP contribution in [0.15, 0.2) is 77.7 Å². The molecule has 2 amide bonds.